The highest BCUT2D eigenvalue weighted by molar-refractivity contribution is 5.74. The van der Waals surface area contributed by atoms with E-state index in [1.165, 1.54) is 12.8 Å². The lowest BCUT2D eigenvalue weighted by Crippen LogP contribution is -2.39. The van der Waals surface area contributed by atoms with E-state index in [9.17, 15) is 9.90 Å². The Balaban J connectivity index is 1.74. The second-order valence-electron chi connectivity index (χ2n) is 6.45. The van der Waals surface area contributed by atoms with E-state index in [1.807, 2.05) is 16.9 Å². The van der Waals surface area contributed by atoms with Crippen molar-refractivity contribution in [2.75, 3.05) is 6.54 Å². The first-order valence-electron chi connectivity index (χ1n) is 7.57. The van der Waals surface area contributed by atoms with Gasteiger partial charge in [-0.15, -0.1) is 0 Å². The van der Waals surface area contributed by atoms with E-state index in [2.05, 4.69) is 23.8 Å². The van der Waals surface area contributed by atoms with Crippen molar-refractivity contribution in [2.45, 2.75) is 51.7 Å². The summed E-state index contributed by atoms with van der Waals surface area (Å²) in [7, 11) is 0. The van der Waals surface area contributed by atoms with Crippen LogP contribution in [0.25, 0.3) is 0 Å². The van der Waals surface area contributed by atoms with Gasteiger partial charge in [0.05, 0.1) is 5.69 Å². The van der Waals surface area contributed by atoms with Crippen molar-refractivity contribution in [1.82, 2.24) is 14.7 Å². The summed E-state index contributed by atoms with van der Waals surface area (Å²) in [6.45, 7) is 5.76. The van der Waals surface area contributed by atoms with Gasteiger partial charge in [0.15, 0.2) is 0 Å². The maximum Gasteiger partial charge on any atom is 0.321 e. The molecule has 0 spiro atoms. The molecule has 0 amide bonds. The molecule has 1 aromatic rings. The maximum atomic E-state index is 11.6. The minimum atomic E-state index is -0.664. The van der Waals surface area contributed by atoms with Gasteiger partial charge < -0.3 is 5.11 Å². The molecule has 5 nitrogen and oxygen atoms in total. The van der Waals surface area contributed by atoms with E-state index in [-0.39, 0.29) is 6.04 Å². The molecule has 110 valence electrons. The molecule has 1 aliphatic heterocycles. The molecule has 1 saturated heterocycles. The summed E-state index contributed by atoms with van der Waals surface area (Å²) in [6, 6.07) is 2.04. The molecule has 3 rings (SSSR count). The van der Waals surface area contributed by atoms with Gasteiger partial charge >= 0.3 is 5.97 Å². The zero-order chi connectivity index (χ0) is 14.3. The fraction of sp³-hybridized carbons (Fsp3) is 0.733. The van der Waals surface area contributed by atoms with Crippen LogP contribution in [-0.2, 0) is 11.3 Å². The quantitative estimate of drug-likeness (QED) is 0.916. The number of fused-ring (bicyclic) bond motifs is 1. The van der Waals surface area contributed by atoms with Crippen LogP contribution < -0.4 is 0 Å². The van der Waals surface area contributed by atoms with Crippen LogP contribution >= 0.6 is 0 Å². The largest absolute Gasteiger partial charge is 0.480 e. The van der Waals surface area contributed by atoms with Crippen molar-refractivity contribution in [3.63, 3.8) is 0 Å². The molecule has 3 atom stereocenters. The highest BCUT2D eigenvalue weighted by Gasteiger charge is 2.47. The number of likely N-dealkylation sites (tertiary alicyclic amines) is 1. The van der Waals surface area contributed by atoms with E-state index >= 15 is 0 Å². The molecule has 0 bridgehead atoms. The van der Waals surface area contributed by atoms with Gasteiger partial charge in [-0.3, -0.25) is 14.4 Å². The standard InChI is InChI=1S/C15H23N3O2/c1-10(2)18-7-6-12(16-18)9-17-8-11-4-3-5-13(11)14(17)15(19)20/h6-7,10-11,13-14H,3-5,8-9H2,1-2H3,(H,19,20). The van der Waals surface area contributed by atoms with E-state index in [0.29, 0.717) is 24.4 Å². The number of carboxylic acids is 1. The third-order valence-corrected chi connectivity index (χ3v) is 4.80. The SMILES string of the molecule is CC(C)n1ccc(CN2CC3CCCC3C2C(=O)O)n1. The molecule has 2 fully saturated rings. The van der Waals surface area contributed by atoms with Gasteiger partial charge in [0.25, 0.3) is 0 Å². The van der Waals surface area contributed by atoms with E-state index in [4.69, 9.17) is 0 Å². The van der Waals surface area contributed by atoms with Crippen molar-refractivity contribution in [1.29, 1.82) is 0 Å². The summed E-state index contributed by atoms with van der Waals surface area (Å²) in [4.78, 5) is 13.7. The van der Waals surface area contributed by atoms with Crippen LogP contribution in [0.4, 0.5) is 0 Å². The molecule has 20 heavy (non-hydrogen) atoms. The van der Waals surface area contributed by atoms with Crippen LogP contribution in [-0.4, -0.2) is 38.3 Å². The van der Waals surface area contributed by atoms with Crippen LogP contribution in [0.5, 0.6) is 0 Å². The number of aromatic nitrogens is 2. The maximum absolute atomic E-state index is 11.6. The zero-order valence-corrected chi connectivity index (χ0v) is 12.2. The average Bonchev–Trinajstić information content (AvgIpc) is 3.02. The van der Waals surface area contributed by atoms with Crippen molar-refractivity contribution < 1.29 is 9.90 Å². The van der Waals surface area contributed by atoms with Gasteiger partial charge in [-0.2, -0.15) is 5.10 Å². The topological polar surface area (TPSA) is 58.4 Å². The van der Waals surface area contributed by atoms with Crippen molar-refractivity contribution >= 4 is 5.97 Å². The van der Waals surface area contributed by atoms with E-state index < -0.39 is 5.97 Å². The first kappa shape index (κ1) is 13.6. The van der Waals surface area contributed by atoms with Gasteiger partial charge in [-0.1, -0.05) is 6.42 Å². The first-order chi connectivity index (χ1) is 9.56. The fourth-order valence-electron chi connectivity index (χ4n) is 3.85. The van der Waals surface area contributed by atoms with Gasteiger partial charge in [0.2, 0.25) is 0 Å². The number of carbonyl (C=O) groups is 1. The molecule has 1 aromatic heterocycles. The molecule has 2 heterocycles. The Labute approximate surface area is 119 Å². The van der Waals surface area contributed by atoms with E-state index in [0.717, 1.165) is 18.7 Å². The zero-order valence-electron chi connectivity index (χ0n) is 12.2. The Kier molecular flexibility index (Phi) is 3.54. The number of hydrogen-bond acceptors (Lipinski definition) is 3. The monoisotopic (exact) mass is 277 g/mol. The van der Waals surface area contributed by atoms with Gasteiger partial charge in [-0.25, -0.2) is 0 Å². The molecule has 2 aliphatic rings. The molecule has 3 unspecified atom stereocenters. The number of rotatable bonds is 4. The van der Waals surface area contributed by atoms with Crippen LogP contribution in [0.15, 0.2) is 12.3 Å². The lowest BCUT2D eigenvalue weighted by atomic mass is 9.94. The second-order valence-corrected chi connectivity index (χ2v) is 6.45. The summed E-state index contributed by atoms with van der Waals surface area (Å²) in [6.07, 6.45) is 5.42. The van der Waals surface area contributed by atoms with Gasteiger partial charge in [0, 0.05) is 25.3 Å². The summed E-state index contributed by atoms with van der Waals surface area (Å²) < 4.78 is 1.93. The average molecular weight is 277 g/mol. The smallest absolute Gasteiger partial charge is 0.321 e. The Morgan fingerprint density at radius 2 is 2.30 bits per heavy atom. The molecule has 1 saturated carbocycles. The Morgan fingerprint density at radius 3 is 2.95 bits per heavy atom. The number of nitrogens with zero attached hydrogens (tertiary/aromatic N) is 3. The van der Waals surface area contributed by atoms with E-state index in [1.54, 1.807) is 0 Å². The fourth-order valence-corrected chi connectivity index (χ4v) is 3.85. The molecular weight excluding hydrogens is 254 g/mol. The predicted octanol–water partition coefficient (Wildman–Crippen LogP) is 2.15. The lowest BCUT2D eigenvalue weighted by Gasteiger charge is -2.23. The van der Waals surface area contributed by atoms with Crippen molar-refractivity contribution in [3.8, 4) is 0 Å². The second kappa shape index (κ2) is 5.20. The Morgan fingerprint density at radius 1 is 1.50 bits per heavy atom. The van der Waals surface area contributed by atoms with Gasteiger partial charge in [0.1, 0.15) is 6.04 Å². The van der Waals surface area contributed by atoms with Crippen LogP contribution in [0, 0.1) is 11.8 Å². The molecule has 1 aliphatic carbocycles. The van der Waals surface area contributed by atoms with Crippen molar-refractivity contribution in [2.24, 2.45) is 11.8 Å². The van der Waals surface area contributed by atoms with Crippen molar-refractivity contribution in [3.05, 3.63) is 18.0 Å². The molecule has 1 N–H and O–H groups in total. The lowest BCUT2D eigenvalue weighted by molar-refractivity contribution is -0.143. The number of carboxylic acid groups (broad SMARTS) is 1. The number of hydrogen-bond donors (Lipinski definition) is 1. The molecule has 0 aromatic carbocycles. The minimum absolute atomic E-state index is 0.313. The third kappa shape index (κ3) is 2.35. The normalized spacial score (nSPS) is 30.1. The Bertz CT molecular complexity index is 497. The Hall–Kier alpha value is -1.36. The summed E-state index contributed by atoms with van der Waals surface area (Å²) >= 11 is 0. The number of aliphatic carboxylic acids is 1. The molecule has 0 radical (unpaired) electrons. The first-order valence-corrected chi connectivity index (χ1v) is 7.57. The van der Waals surface area contributed by atoms with Crippen LogP contribution in [0.3, 0.4) is 0 Å². The highest BCUT2D eigenvalue weighted by atomic mass is 16.4. The van der Waals surface area contributed by atoms with Crippen LogP contribution in [0.1, 0.15) is 44.8 Å². The highest BCUT2D eigenvalue weighted by Crippen LogP contribution is 2.42. The molecular formula is C15H23N3O2. The third-order valence-electron chi connectivity index (χ3n) is 4.80. The van der Waals surface area contributed by atoms with Crippen LogP contribution in [0.2, 0.25) is 0 Å². The predicted molar refractivity (Wildman–Crippen MR) is 75.3 cm³/mol. The molecule has 5 heteroatoms. The summed E-state index contributed by atoms with van der Waals surface area (Å²) in [5.74, 6) is 0.255. The minimum Gasteiger partial charge on any atom is -0.480 e. The summed E-state index contributed by atoms with van der Waals surface area (Å²) in [5.41, 5.74) is 0.977. The summed E-state index contributed by atoms with van der Waals surface area (Å²) in [5, 5.41) is 14.1. The van der Waals surface area contributed by atoms with Gasteiger partial charge in [-0.05, 0) is 44.6 Å².